The maximum atomic E-state index is 11.8. The number of hydrogen-bond donors (Lipinski definition) is 4. The molecule has 1 aliphatic heterocycles. The van der Waals surface area contributed by atoms with Crippen LogP contribution in [0.2, 0.25) is 5.02 Å². The zero-order chi connectivity index (χ0) is 13.9. The molecule has 2 rings (SSSR count). The van der Waals surface area contributed by atoms with E-state index in [9.17, 15) is 14.7 Å². The number of carbonyl (C=O) groups excluding carboxylic acids is 1. The fourth-order valence-electron chi connectivity index (χ4n) is 1.95. The number of aliphatic carboxylic acids is 1. The number of hydrogen-bond acceptors (Lipinski definition) is 3. The number of rotatable bonds is 3. The van der Waals surface area contributed by atoms with Gasteiger partial charge in [0.25, 0.3) is 0 Å². The number of amides is 2. The fourth-order valence-corrected chi connectivity index (χ4v) is 2.07. The van der Waals surface area contributed by atoms with Gasteiger partial charge in [-0.1, -0.05) is 11.6 Å². The van der Waals surface area contributed by atoms with E-state index in [1.807, 2.05) is 0 Å². The first-order valence-corrected chi connectivity index (χ1v) is 6.18. The van der Waals surface area contributed by atoms with E-state index < -0.39 is 17.5 Å². The topological polar surface area (TPSA) is 90.5 Å². The monoisotopic (exact) mass is 283 g/mol. The second-order valence-corrected chi connectivity index (χ2v) is 4.84. The molecule has 0 spiro atoms. The summed E-state index contributed by atoms with van der Waals surface area (Å²) in [6.45, 7) is 0.782. The summed E-state index contributed by atoms with van der Waals surface area (Å²) in [6, 6.07) is 6.01. The molecule has 1 aliphatic rings. The first-order valence-electron chi connectivity index (χ1n) is 5.81. The lowest BCUT2D eigenvalue weighted by atomic mass is 9.99. The highest BCUT2D eigenvalue weighted by Gasteiger charge is 2.42. The predicted molar refractivity (Wildman–Crippen MR) is 71.5 cm³/mol. The van der Waals surface area contributed by atoms with Gasteiger partial charge in [0.05, 0.1) is 0 Å². The molecular formula is C12H14ClN3O3. The summed E-state index contributed by atoms with van der Waals surface area (Å²) >= 11 is 5.74. The molecule has 1 aromatic rings. The van der Waals surface area contributed by atoms with E-state index in [-0.39, 0.29) is 6.54 Å². The summed E-state index contributed by atoms with van der Waals surface area (Å²) in [5, 5.41) is 17.8. The molecule has 0 aromatic heterocycles. The SMILES string of the molecule is O=C(Nc1ccc(Cl)cc1)NC1(C(=O)O)CCNC1. The Morgan fingerprint density at radius 3 is 2.53 bits per heavy atom. The van der Waals surface area contributed by atoms with Crippen LogP contribution >= 0.6 is 11.6 Å². The Morgan fingerprint density at radius 1 is 1.32 bits per heavy atom. The molecular weight excluding hydrogens is 270 g/mol. The zero-order valence-electron chi connectivity index (χ0n) is 10.1. The second-order valence-electron chi connectivity index (χ2n) is 4.40. The Hall–Kier alpha value is -1.79. The van der Waals surface area contributed by atoms with Gasteiger partial charge in [0, 0.05) is 17.3 Å². The molecule has 2 amide bonds. The van der Waals surface area contributed by atoms with Crippen molar-refractivity contribution in [3.63, 3.8) is 0 Å². The van der Waals surface area contributed by atoms with E-state index in [0.717, 1.165) is 0 Å². The molecule has 1 heterocycles. The Labute approximate surface area is 115 Å². The smallest absolute Gasteiger partial charge is 0.330 e. The van der Waals surface area contributed by atoms with Crippen LogP contribution < -0.4 is 16.0 Å². The number of carboxylic acids is 1. The van der Waals surface area contributed by atoms with Crippen molar-refractivity contribution < 1.29 is 14.7 Å². The minimum Gasteiger partial charge on any atom is -0.479 e. The molecule has 1 unspecified atom stereocenters. The molecule has 0 aliphatic carbocycles. The minimum absolute atomic E-state index is 0.219. The van der Waals surface area contributed by atoms with Crippen molar-refractivity contribution in [2.75, 3.05) is 18.4 Å². The van der Waals surface area contributed by atoms with Crippen molar-refractivity contribution >= 4 is 29.3 Å². The van der Waals surface area contributed by atoms with Gasteiger partial charge in [-0.3, -0.25) is 0 Å². The lowest BCUT2D eigenvalue weighted by Crippen LogP contribution is -2.57. The van der Waals surface area contributed by atoms with Crippen LogP contribution in [0.3, 0.4) is 0 Å². The number of carbonyl (C=O) groups is 2. The van der Waals surface area contributed by atoms with Gasteiger partial charge in [0.1, 0.15) is 0 Å². The van der Waals surface area contributed by atoms with Crippen molar-refractivity contribution in [3.8, 4) is 0 Å². The number of carboxylic acid groups (broad SMARTS) is 1. The molecule has 6 nitrogen and oxygen atoms in total. The molecule has 102 valence electrons. The van der Waals surface area contributed by atoms with Crippen LogP contribution in [0.15, 0.2) is 24.3 Å². The first kappa shape index (κ1) is 13.6. The Morgan fingerprint density at radius 2 is 2.00 bits per heavy atom. The van der Waals surface area contributed by atoms with E-state index in [1.54, 1.807) is 24.3 Å². The second kappa shape index (κ2) is 5.46. The molecule has 1 atom stereocenters. The zero-order valence-corrected chi connectivity index (χ0v) is 10.8. The van der Waals surface area contributed by atoms with E-state index in [2.05, 4.69) is 16.0 Å². The van der Waals surface area contributed by atoms with Crippen molar-refractivity contribution in [3.05, 3.63) is 29.3 Å². The van der Waals surface area contributed by atoms with Crippen molar-refractivity contribution in [1.82, 2.24) is 10.6 Å². The maximum absolute atomic E-state index is 11.8. The lowest BCUT2D eigenvalue weighted by Gasteiger charge is -2.24. The highest BCUT2D eigenvalue weighted by molar-refractivity contribution is 6.30. The van der Waals surface area contributed by atoms with Gasteiger partial charge in [-0.05, 0) is 37.2 Å². The third-order valence-electron chi connectivity index (χ3n) is 3.02. The summed E-state index contributed by atoms with van der Waals surface area (Å²) in [7, 11) is 0. The highest BCUT2D eigenvalue weighted by atomic mass is 35.5. The molecule has 19 heavy (non-hydrogen) atoms. The summed E-state index contributed by atoms with van der Waals surface area (Å²) in [5.74, 6) is -1.04. The Bertz CT molecular complexity index is 483. The van der Waals surface area contributed by atoms with Crippen molar-refractivity contribution in [2.24, 2.45) is 0 Å². The number of nitrogens with one attached hydrogen (secondary N) is 3. The molecule has 0 bridgehead atoms. The van der Waals surface area contributed by atoms with Crippen LogP contribution in [0.4, 0.5) is 10.5 Å². The van der Waals surface area contributed by atoms with Gasteiger partial charge < -0.3 is 21.1 Å². The quantitative estimate of drug-likeness (QED) is 0.673. The van der Waals surface area contributed by atoms with Gasteiger partial charge >= 0.3 is 12.0 Å². The van der Waals surface area contributed by atoms with Crippen LogP contribution in [-0.2, 0) is 4.79 Å². The Balaban J connectivity index is 2.00. The third-order valence-corrected chi connectivity index (χ3v) is 3.27. The standard InChI is InChI=1S/C12H14ClN3O3/c13-8-1-3-9(4-2-8)15-11(19)16-12(10(17)18)5-6-14-7-12/h1-4,14H,5-7H2,(H,17,18)(H2,15,16,19). The number of halogens is 1. The molecule has 1 saturated heterocycles. The molecule has 1 aromatic carbocycles. The summed E-state index contributed by atoms with van der Waals surface area (Å²) in [5.41, 5.74) is -0.690. The lowest BCUT2D eigenvalue weighted by molar-refractivity contribution is -0.143. The fraction of sp³-hybridized carbons (Fsp3) is 0.333. The van der Waals surface area contributed by atoms with Gasteiger partial charge in [0.15, 0.2) is 5.54 Å². The predicted octanol–water partition coefficient (Wildman–Crippen LogP) is 1.28. The third kappa shape index (κ3) is 3.15. The van der Waals surface area contributed by atoms with E-state index in [0.29, 0.717) is 23.7 Å². The average Bonchev–Trinajstić information content (AvgIpc) is 2.82. The van der Waals surface area contributed by atoms with Crippen molar-refractivity contribution in [2.45, 2.75) is 12.0 Å². The number of urea groups is 1. The van der Waals surface area contributed by atoms with Gasteiger partial charge in [-0.2, -0.15) is 0 Å². The summed E-state index contributed by atoms with van der Waals surface area (Å²) in [4.78, 5) is 23.1. The largest absolute Gasteiger partial charge is 0.479 e. The van der Waals surface area contributed by atoms with Crippen LogP contribution in [0.25, 0.3) is 0 Å². The van der Waals surface area contributed by atoms with Gasteiger partial charge in [-0.15, -0.1) is 0 Å². The molecule has 7 heteroatoms. The van der Waals surface area contributed by atoms with E-state index in [1.165, 1.54) is 0 Å². The molecule has 0 radical (unpaired) electrons. The van der Waals surface area contributed by atoms with E-state index >= 15 is 0 Å². The van der Waals surface area contributed by atoms with Crippen molar-refractivity contribution in [1.29, 1.82) is 0 Å². The highest BCUT2D eigenvalue weighted by Crippen LogP contribution is 2.16. The molecule has 1 fully saturated rings. The Kier molecular flexibility index (Phi) is 3.92. The minimum atomic E-state index is -1.24. The van der Waals surface area contributed by atoms with Crippen LogP contribution in [0.5, 0.6) is 0 Å². The summed E-state index contributed by atoms with van der Waals surface area (Å²) < 4.78 is 0. The molecule has 4 N–H and O–H groups in total. The van der Waals surface area contributed by atoms with Gasteiger partial charge in [0.2, 0.25) is 0 Å². The number of benzene rings is 1. The van der Waals surface area contributed by atoms with E-state index in [4.69, 9.17) is 11.6 Å². The van der Waals surface area contributed by atoms with Crippen LogP contribution in [0.1, 0.15) is 6.42 Å². The summed E-state index contributed by atoms with van der Waals surface area (Å²) in [6.07, 6.45) is 0.358. The first-order chi connectivity index (χ1) is 9.02. The van der Waals surface area contributed by atoms with Gasteiger partial charge in [-0.25, -0.2) is 9.59 Å². The average molecular weight is 284 g/mol. The normalized spacial score (nSPS) is 21.9. The van der Waals surface area contributed by atoms with Crippen LogP contribution in [0, 0.1) is 0 Å². The molecule has 0 saturated carbocycles. The van der Waals surface area contributed by atoms with Crippen LogP contribution in [-0.4, -0.2) is 35.7 Å². The maximum Gasteiger partial charge on any atom is 0.330 e. The number of anilines is 1.